The molecule has 6 nitrogen and oxygen atoms in total. The highest BCUT2D eigenvalue weighted by atomic mass is 35.5. The van der Waals surface area contributed by atoms with Crippen LogP contribution in [0, 0.1) is 0 Å². The summed E-state index contributed by atoms with van der Waals surface area (Å²) in [5.74, 6) is -0.119. The van der Waals surface area contributed by atoms with Crippen LogP contribution in [0.25, 0.3) is 10.9 Å². The maximum atomic E-state index is 13.2. The van der Waals surface area contributed by atoms with Crippen molar-refractivity contribution < 1.29 is 9.53 Å². The van der Waals surface area contributed by atoms with Crippen LogP contribution in [0.3, 0.4) is 0 Å². The van der Waals surface area contributed by atoms with E-state index in [0.717, 1.165) is 5.56 Å². The minimum absolute atomic E-state index is 0.119. The van der Waals surface area contributed by atoms with Crippen LogP contribution in [0.4, 0.5) is 0 Å². The predicted octanol–water partition coefficient (Wildman–Crippen LogP) is 5.22. The molecule has 33 heavy (non-hydrogen) atoms. The standard InChI is InChI=1S/C25H30ClN3O3S/c1-16(2)32-14-8-13-29-24(31)21-12-11-20(26)15-22(21)28-25(29)33-18(4)23(30)27-17(3)19-9-6-5-7-10-19/h5-7,9-12,15-18H,8,13-14H2,1-4H3,(H,27,30). The first-order valence-corrected chi connectivity index (χ1v) is 12.4. The molecule has 0 radical (unpaired) electrons. The van der Waals surface area contributed by atoms with Gasteiger partial charge in [0.25, 0.3) is 5.56 Å². The van der Waals surface area contributed by atoms with Crippen LogP contribution in [-0.4, -0.2) is 33.4 Å². The second kappa shape index (κ2) is 11.7. The summed E-state index contributed by atoms with van der Waals surface area (Å²) in [7, 11) is 0. The summed E-state index contributed by atoms with van der Waals surface area (Å²) in [5, 5.41) is 4.11. The molecule has 0 saturated carbocycles. The molecule has 0 spiro atoms. The van der Waals surface area contributed by atoms with Crippen LogP contribution in [0.1, 0.15) is 45.7 Å². The van der Waals surface area contributed by atoms with Gasteiger partial charge in [-0.1, -0.05) is 53.7 Å². The number of nitrogens with one attached hydrogen (secondary N) is 1. The molecule has 1 heterocycles. The Kier molecular flexibility index (Phi) is 8.95. The van der Waals surface area contributed by atoms with Crippen molar-refractivity contribution in [2.75, 3.05) is 6.61 Å². The molecule has 0 fully saturated rings. The third kappa shape index (κ3) is 6.82. The number of aromatic nitrogens is 2. The zero-order chi connectivity index (χ0) is 24.0. The molecule has 0 aliphatic carbocycles. The summed E-state index contributed by atoms with van der Waals surface area (Å²) in [6.07, 6.45) is 0.792. The molecule has 2 unspecified atom stereocenters. The van der Waals surface area contributed by atoms with Gasteiger partial charge in [0, 0.05) is 18.2 Å². The number of nitrogens with zero attached hydrogens (tertiary/aromatic N) is 2. The monoisotopic (exact) mass is 487 g/mol. The van der Waals surface area contributed by atoms with Gasteiger partial charge in [-0.15, -0.1) is 0 Å². The molecular formula is C25H30ClN3O3S. The molecule has 0 aliphatic heterocycles. The van der Waals surface area contributed by atoms with Crippen molar-refractivity contribution in [2.24, 2.45) is 0 Å². The summed E-state index contributed by atoms with van der Waals surface area (Å²) < 4.78 is 7.26. The third-order valence-corrected chi connectivity index (χ3v) is 6.49. The molecule has 176 valence electrons. The molecule has 3 rings (SSSR count). The fraction of sp³-hybridized carbons (Fsp3) is 0.400. The van der Waals surface area contributed by atoms with Crippen molar-refractivity contribution in [3.63, 3.8) is 0 Å². The van der Waals surface area contributed by atoms with Gasteiger partial charge in [0.15, 0.2) is 5.16 Å². The van der Waals surface area contributed by atoms with Crippen molar-refractivity contribution >= 4 is 40.2 Å². The first-order chi connectivity index (χ1) is 15.8. The van der Waals surface area contributed by atoms with E-state index in [9.17, 15) is 9.59 Å². The Morgan fingerprint density at radius 3 is 2.58 bits per heavy atom. The van der Waals surface area contributed by atoms with Crippen molar-refractivity contribution in [2.45, 2.75) is 63.2 Å². The second-order valence-electron chi connectivity index (χ2n) is 8.19. The zero-order valence-corrected chi connectivity index (χ0v) is 20.9. The fourth-order valence-electron chi connectivity index (χ4n) is 3.37. The minimum Gasteiger partial charge on any atom is -0.379 e. The molecule has 0 saturated heterocycles. The average Bonchev–Trinajstić information content (AvgIpc) is 2.78. The quantitative estimate of drug-likeness (QED) is 0.241. The average molecular weight is 488 g/mol. The van der Waals surface area contributed by atoms with E-state index in [1.54, 1.807) is 22.8 Å². The number of carbonyl (C=O) groups excluding carboxylic acids is 1. The fourth-order valence-corrected chi connectivity index (χ4v) is 4.48. The first-order valence-electron chi connectivity index (χ1n) is 11.1. The van der Waals surface area contributed by atoms with Gasteiger partial charge < -0.3 is 10.1 Å². The lowest BCUT2D eigenvalue weighted by atomic mass is 10.1. The van der Waals surface area contributed by atoms with Crippen molar-refractivity contribution in [1.29, 1.82) is 0 Å². The number of fused-ring (bicyclic) bond motifs is 1. The Bertz CT molecular complexity index is 1150. The molecule has 2 aromatic carbocycles. The number of halogens is 1. The van der Waals surface area contributed by atoms with E-state index in [1.165, 1.54) is 11.8 Å². The summed E-state index contributed by atoms with van der Waals surface area (Å²) in [5.41, 5.74) is 1.41. The molecule has 8 heteroatoms. The number of ether oxygens (including phenoxy) is 1. The van der Waals surface area contributed by atoms with Gasteiger partial charge in [-0.2, -0.15) is 0 Å². The lowest BCUT2D eigenvalue weighted by Gasteiger charge is -2.19. The summed E-state index contributed by atoms with van der Waals surface area (Å²) in [6.45, 7) is 8.71. The van der Waals surface area contributed by atoms with Crippen LogP contribution in [0.5, 0.6) is 0 Å². The molecule has 3 aromatic rings. The van der Waals surface area contributed by atoms with Crippen molar-refractivity contribution in [1.82, 2.24) is 14.9 Å². The van der Waals surface area contributed by atoms with Crippen LogP contribution in [-0.2, 0) is 16.1 Å². The SMILES string of the molecule is CC(C)OCCCn1c(SC(C)C(=O)NC(C)c2ccccc2)nc2cc(Cl)ccc2c1=O. The normalized spacial score (nSPS) is 13.3. The van der Waals surface area contributed by atoms with Crippen molar-refractivity contribution in [3.05, 3.63) is 69.5 Å². The van der Waals surface area contributed by atoms with Gasteiger partial charge >= 0.3 is 0 Å². The number of hydrogen-bond donors (Lipinski definition) is 1. The van der Waals surface area contributed by atoms with Gasteiger partial charge in [-0.05, 0) is 57.9 Å². The predicted molar refractivity (Wildman–Crippen MR) is 135 cm³/mol. The van der Waals surface area contributed by atoms with E-state index in [2.05, 4.69) is 5.32 Å². The Labute approximate surface area is 203 Å². The third-order valence-electron chi connectivity index (χ3n) is 5.17. The largest absolute Gasteiger partial charge is 0.379 e. The van der Waals surface area contributed by atoms with E-state index in [1.807, 2.05) is 58.0 Å². The van der Waals surface area contributed by atoms with E-state index < -0.39 is 5.25 Å². The number of benzene rings is 2. The number of hydrogen-bond acceptors (Lipinski definition) is 5. The highest BCUT2D eigenvalue weighted by Crippen LogP contribution is 2.25. The molecule has 1 amide bonds. The highest BCUT2D eigenvalue weighted by molar-refractivity contribution is 8.00. The topological polar surface area (TPSA) is 73.2 Å². The maximum Gasteiger partial charge on any atom is 0.262 e. The summed E-state index contributed by atoms with van der Waals surface area (Å²) in [4.78, 5) is 30.8. The van der Waals surface area contributed by atoms with Crippen LogP contribution in [0.2, 0.25) is 5.02 Å². The number of rotatable bonds is 10. The molecule has 2 atom stereocenters. The second-order valence-corrected chi connectivity index (χ2v) is 9.93. The smallest absolute Gasteiger partial charge is 0.262 e. The van der Waals surface area contributed by atoms with E-state index in [0.29, 0.717) is 40.7 Å². The Balaban J connectivity index is 1.82. The van der Waals surface area contributed by atoms with E-state index in [-0.39, 0.29) is 23.6 Å². The zero-order valence-electron chi connectivity index (χ0n) is 19.4. The Morgan fingerprint density at radius 1 is 1.15 bits per heavy atom. The molecule has 1 N–H and O–H groups in total. The summed E-state index contributed by atoms with van der Waals surface area (Å²) in [6, 6.07) is 14.7. The number of amides is 1. The van der Waals surface area contributed by atoms with Gasteiger partial charge in [0.1, 0.15) is 0 Å². The lowest BCUT2D eigenvalue weighted by molar-refractivity contribution is -0.120. The van der Waals surface area contributed by atoms with Gasteiger partial charge in [0.2, 0.25) is 5.91 Å². The van der Waals surface area contributed by atoms with E-state index >= 15 is 0 Å². The molecular weight excluding hydrogens is 458 g/mol. The number of thioether (sulfide) groups is 1. The summed E-state index contributed by atoms with van der Waals surface area (Å²) >= 11 is 7.40. The Morgan fingerprint density at radius 2 is 1.88 bits per heavy atom. The van der Waals surface area contributed by atoms with Crippen LogP contribution >= 0.6 is 23.4 Å². The van der Waals surface area contributed by atoms with Gasteiger partial charge in [-0.3, -0.25) is 14.2 Å². The molecule has 0 aliphatic rings. The minimum atomic E-state index is -0.446. The first kappa shape index (κ1) is 25.3. The number of carbonyl (C=O) groups is 1. The van der Waals surface area contributed by atoms with Gasteiger partial charge in [-0.25, -0.2) is 4.98 Å². The van der Waals surface area contributed by atoms with Crippen LogP contribution < -0.4 is 10.9 Å². The molecule has 1 aromatic heterocycles. The highest BCUT2D eigenvalue weighted by Gasteiger charge is 2.21. The van der Waals surface area contributed by atoms with Crippen molar-refractivity contribution in [3.8, 4) is 0 Å². The lowest BCUT2D eigenvalue weighted by Crippen LogP contribution is -2.34. The maximum absolute atomic E-state index is 13.2. The Hall–Kier alpha value is -2.35. The molecule has 0 bridgehead atoms. The van der Waals surface area contributed by atoms with Gasteiger partial charge in [0.05, 0.1) is 28.3 Å². The van der Waals surface area contributed by atoms with Crippen LogP contribution in [0.15, 0.2) is 58.5 Å². The van der Waals surface area contributed by atoms with E-state index in [4.69, 9.17) is 21.3 Å².